The number of carbonyl (C=O) groups excluding carboxylic acids is 1. The van der Waals surface area contributed by atoms with E-state index in [2.05, 4.69) is 21.9 Å². The van der Waals surface area contributed by atoms with Gasteiger partial charge in [-0.05, 0) is 24.3 Å². The number of amidine groups is 1. The topological polar surface area (TPSA) is 42.4 Å². The van der Waals surface area contributed by atoms with Gasteiger partial charge in [-0.15, -0.1) is 0 Å². The van der Waals surface area contributed by atoms with Crippen LogP contribution in [0.2, 0.25) is 5.02 Å². The molecular formula is C22H24ClN5O. The van der Waals surface area contributed by atoms with Gasteiger partial charge in [0.1, 0.15) is 5.84 Å². The highest BCUT2D eigenvalue weighted by Crippen LogP contribution is 2.32. The third kappa shape index (κ3) is 3.16. The summed E-state index contributed by atoms with van der Waals surface area (Å²) in [5.74, 6) is 0.823. The molecule has 0 aromatic heterocycles. The molecule has 150 valence electrons. The predicted molar refractivity (Wildman–Crippen MR) is 117 cm³/mol. The van der Waals surface area contributed by atoms with Crippen LogP contribution in [-0.2, 0) is 0 Å². The van der Waals surface area contributed by atoms with Gasteiger partial charge in [0.15, 0.2) is 0 Å². The van der Waals surface area contributed by atoms with E-state index in [1.807, 2.05) is 48.3 Å². The monoisotopic (exact) mass is 409 g/mol. The summed E-state index contributed by atoms with van der Waals surface area (Å²) < 4.78 is 0. The van der Waals surface area contributed by atoms with E-state index in [-0.39, 0.29) is 12.1 Å². The van der Waals surface area contributed by atoms with Crippen LogP contribution >= 0.6 is 11.6 Å². The summed E-state index contributed by atoms with van der Waals surface area (Å²) in [4.78, 5) is 26.2. The number of urea groups is 1. The van der Waals surface area contributed by atoms with Gasteiger partial charge in [-0.3, -0.25) is 19.7 Å². The number of para-hydroxylation sites is 2. The lowest BCUT2D eigenvalue weighted by atomic mass is 10.1. The van der Waals surface area contributed by atoms with Crippen LogP contribution in [0, 0.1) is 0 Å². The van der Waals surface area contributed by atoms with Crippen LogP contribution in [-0.4, -0.2) is 74.0 Å². The molecule has 0 radical (unpaired) electrons. The van der Waals surface area contributed by atoms with Gasteiger partial charge < -0.3 is 4.90 Å². The van der Waals surface area contributed by atoms with Gasteiger partial charge in [-0.2, -0.15) is 0 Å². The summed E-state index contributed by atoms with van der Waals surface area (Å²) in [5, 5.41) is 0.801. The van der Waals surface area contributed by atoms with Crippen molar-refractivity contribution < 1.29 is 4.79 Å². The van der Waals surface area contributed by atoms with E-state index >= 15 is 0 Å². The molecule has 2 aromatic rings. The number of rotatable bonds is 3. The lowest BCUT2D eigenvalue weighted by Gasteiger charge is -2.40. The summed E-state index contributed by atoms with van der Waals surface area (Å²) in [5.41, 5.74) is 3.08. The standard InChI is InChI=1S/C22H24ClN5O/c1-25-19-8-4-2-6-17(19)21-24-14-16(28(21)22(25)29)15-26-10-12-27(13-11-26)20-9-5-3-7-18(20)23/h2-9,16H,10-15H2,1H3. The first-order chi connectivity index (χ1) is 14.1. The van der Waals surface area contributed by atoms with E-state index in [4.69, 9.17) is 16.6 Å². The Hall–Kier alpha value is -2.57. The second-order valence-electron chi connectivity index (χ2n) is 7.79. The van der Waals surface area contributed by atoms with Gasteiger partial charge in [0.25, 0.3) is 0 Å². The molecule has 0 spiro atoms. The average Bonchev–Trinajstić information content (AvgIpc) is 3.17. The third-order valence-electron chi connectivity index (χ3n) is 6.08. The predicted octanol–water partition coefficient (Wildman–Crippen LogP) is 3.16. The van der Waals surface area contributed by atoms with E-state index in [0.717, 1.165) is 60.5 Å². The number of carbonyl (C=O) groups is 1. The number of nitrogens with zero attached hydrogens (tertiary/aromatic N) is 5. The number of anilines is 2. The Balaban J connectivity index is 1.27. The third-order valence-corrected chi connectivity index (χ3v) is 6.40. The van der Waals surface area contributed by atoms with Crippen LogP contribution in [0.15, 0.2) is 53.5 Å². The first-order valence-corrected chi connectivity index (χ1v) is 10.4. The fourth-order valence-electron chi connectivity index (χ4n) is 4.52. The fourth-order valence-corrected chi connectivity index (χ4v) is 4.78. The highest BCUT2D eigenvalue weighted by atomic mass is 35.5. The first kappa shape index (κ1) is 18.5. The number of hydrogen-bond donors (Lipinski definition) is 0. The van der Waals surface area contributed by atoms with E-state index in [1.54, 1.807) is 4.90 Å². The number of aliphatic imine (C=N–C) groups is 1. The first-order valence-electron chi connectivity index (χ1n) is 10.1. The highest BCUT2D eigenvalue weighted by Gasteiger charge is 2.41. The number of piperazine rings is 1. The lowest BCUT2D eigenvalue weighted by molar-refractivity contribution is 0.188. The van der Waals surface area contributed by atoms with Crippen molar-refractivity contribution in [2.75, 3.05) is 56.1 Å². The Bertz CT molecular complexity index is 969. The van der Waals surface area contributed by atoms with Crippen molar-refractivity contribution in [2.45, 2.75) is 6.04 Å². The van der Waals surface area contributed by atoms with Gasteiger partial charge in [0, 0.05) is 45.3 Å². The van der Waals surface area contributed by atoms with Crippen LogP contribution in [0.1, 0.15) is 5.56 Å². The maximum atomic E-state index is 13.0. The van der Waals surface area contributed by atoms with Crippen molar-refractivity contribution in [1.82, 2.24) is 9.80 Å². The van der Waals surface area contributed by atoms with Crippen molar-refractivity contribution in [3.63, 3.8) is 0 Å². The largest absolute Gasteiger partial charge is 0.368 e. The Labute approximate surface area is 176 Å². The van der Waals surface area contributed by atoms with E-state index < -0.39 is 0 Å². The summed E-state index contributed by atoms with van der Waals surface area (Å²) in [6.45, 7) is 5.26. The molecule has 1 unspecified atom stereocenters. The zero-order valence-corrected chi connectivity index (χ0v) is 17.2. The smallest absolute Gasteiger partial charge is 0.330 e. The summed E-state index contributed by atoms with van der Waals surface area (Å²) in [7, 11) is 1.84. The maximum Gasteiger partial charge on any atom is 0.330 e. The molecule has 3 aliphatic rings. The maximum absolute atomic E-state index is 13.0. The van der Waals surface area contributed by atoms with Crippen LogP contribution in [0.5, 0.6) is 0 Å². The molecule has 1 atom stereocenters. The normalized spacial score (nSPS) is 21.9. The lowest BCUT2D eigenvalue weighted by Crippen LogP contribution is -2.56. The Kier molecular flexibility index (Phi) is 4.68. The Morgan fingerprint density at radius 1 is 1.00 bits per heavy atom. The molecule has 3 heterocycles. The van der Waals surface area contributed by atoms with E-state index in [1.165, 1.54) is 0 Å². The molecular weight excluding hydrogens is 386 g/mol. The van der Waals surface area contributed by atoms with E-state index in [9.17, 15) is 4.79 Å². The van der Waals surface area contributed by atoms with E-state index in [0.29, 0.717) is 6.54 Å². The fraction of sp³-hybridized carbons (Fsp3) is 0.364. The van der Waals surface area contributed by atoms with Crippen molar-refractivity contribution >= 4 is 34.8 Å². The minimum Gasteiger partial charge on any atom is -0.368 e. The Morgan fingerprint density at radius 2 is 1.69 bits per heavy atom. The molecule has 1 saturated heterocycles. The second-order valence-corrected chi connectivity index (χ2v) is 8.19. The average molecular weight is 410 g/mol. The van der Waals surface area contributed by atoms with Crippen molar-refractivity contribution in [3.8, 4) is 0 Å². The summed E-state index contributed by atoms with van der Waals surface area (Å²) in [6.07, 6.45) is 0. The van der Waals surface area contributed by atoms with Gasteiger partial charge in [0.05, 0.1) is 29.0 Å². The van der Waals surface area contributed by atoms with Crippen LogP contribution in [0.4, 0.5) is 16.2 Å². The van der Waals surface area contributed by atoms with Gasteiger partial charge in [-0.25, -0.2) is 4.79 Å². The number of benzene rings is 2. The minimum atomic E-state index is 0.0136. The SMILES string of the molecule is CN1C(=O)N2C(=NCC2CN2CCN(c3ccccc3Cl)CC2)c2ccccc21. The van der Waals surface area contributed by atoms with Crippen molar-refractivity contribution in [1.29, 1.82) is 0 Å². The zero-order valence-electron chi connectivity index (χ0n) is 16.5. The highest BCUT2D eigenvalue weighted by molar-refractivity contribution is 6.33. The van der Waals surface area contributed by atoms with Crippen LogP contribution in [0.3, 0.4) is 0 Å². The molecule has 29 heavy (non-hydrogen) atoms. The molecule has 1 fully saturated rings. The molecule has 6 nitrogen and oxygen atoms in total. The molecule has 7 heteroatoms. The molecule has 5 rings (SSSR count). The second kappa shape index (κ2) is 7.35. The summed E-state index contributed by atoms with van der Waals surface area (Å²) >= 11 is 6.36. The molecule has 2 amide bonds. The summed E-state index contributed by atoms with van der Waals surface area (Å²) in [6, 6.07) is 16.1. The van der Waals surface area contributed by atoms with Crippen molar-refractivity contribution in [2.24, 2.45) is 4.99 Å². The number of hydrogen-bond acceptors (Lipinski definition) is 4. The van der Waals surface area contributed by atoms with Crippen molar-refractivity contribution in [3.05, 3.63) is 59.1 Å². The molecule has 0 aliphatic carbocycles. The zero-order chi connectivity index (χ0) is 20.0. The van der Waals surface area contributed by atoms with Crippen LogP contribution in [0.25, 0.3) is 0 Å². The molecule has 3 aliphatic heterocycles. The number of fused-ring (bicyclic) bond motifs is 3. The van der Waals surface area contributed by atoms with Gasteiger partial charge in [-0.1, -0.05) is 35.9 Å². The number of amides is 2. The molecule has 0 saturated carbocycles. The molecule has 0 bridgehead atoms. The molecule has 0 N–H and O–H groups in total. The van der Waals surface area contributed by atoms with Gasteiger partial charge >= 0.3 is 6.03 Å². The number of halogens is 1. The minimum absolute atomic E-state index is 0.0136. The Morgan fingerprint density at radius 3 is 2.45 bits per heavy atom. The quantitative estimate of drug-likeness (QED) is 0.782. The van der Waals surface area contributed by atoms with Crippen LogP contribution < -0.4 is 9.80 Å². The van der Waals surface area contributed by atoms with Gasteiger partial charge in [0.2, 0.25) is 0 Å². The molecule has 2 aromatic carbocycles.